The van der Waals surface area contributed by atoms with Crippen molar-refractivity contribution in [2.75, 3.05) is 37.6 Å². The van der Waals surface area contributed by atoms with E-state index < -0.39 is 11.9 Å². The number of carbonyl (C=O) groups is 2. The number of piperazine rings is 1. The molecule has 9 heteroatoms. The molecule has 3 N–H and O–H groups in total. The highest BCUT2D eigenvalue weighted by atomic mass is 19.1. The van der Waals surface area contributed by atoms with Crippen molar-refractivity contribution in [2.24, 2.45) is 5.73 Å². The molecule has 1 fully saturated rings. The number of halogens is 1. The minimum atomic E-state index is -0.818. The van der Waals surface area contributed by atoms with Gasteiger partial charge in [-0.25, -0.2) is 9.37 Å². The maximum absolute atomic E-state index is 13.0. The smallest absolute Gasteiger partial charge is 0.240 e. The molecule has 8 nitrogen and oxygen atoms in total. The summed E-state index contributed by atoms with van der Waals surface area (Å²) in [5.74, 6) is 0.854. The summed E-state index contributed by atoms with van der Waals surface area (Å²) in [7, 11) is 0. The number of nitrogens with zero attached hydrogens (tertiary/aromatic N) is 3. The highest BCUT2D eigenvalue weighted by Gasteiger charge is 2.23. The lowest BCUT2D eigenvalue weighted by atomic mass is 10.1. The van der Waals surface area contributed by atoms with E-state index in [2.05, 4.69) is 20.1 Å². The van der Waals surface area contributed by atoms with Crippen molar-refractivity contribution in [1.29, 1.82) is 0 Å². The van der Waals surface area contributed by atoms with Gasteiger partial charge < -0.3 is 20.7 Å². The summed E-state index contributed by atoms with van der Waals surface area (Å²) in [5.41, 5.74) is 6.38. The van der Waals surface area contributed by atoms with Crippen LogP contribution in [0.25, 0.3) is 0 Å². The van der Waals surface area contributed by atoms with E-state index in [0.29, 0.717) is 11.5 Å². The largest absolute Gasteiger partial charge is 0.457 e. The molecule has 1 aliphatic heterocycles. The molecule has 4 rings (SSSR count). The molecule has 0 aliphatic carbocycles. The van der Waals surface area contributed by atoms with Crippen molar-refractivity contribution in [3.8, 4) is 11.5 Å². The number of benzene rings is 2. The molecule has 0 bridgehead atoms. The van der Waals surface area contributed by atoms with Gasteiger partial charge in [0.2, 0.25) is 11.8 Å². The Kier molecular flexibility index (Phi) is 7.89. The molecular weight excluding hydrogens is 449 g/mol. The molecular formula is C26H28FN5O3. The molecule has 1 aromatic heterocycles. The second-order valence-electron chi connectivity index (χ2n) is 8.38. The molecule has 1 unspecified atom stereocenters. The molecule has 0 saturated carbocycles. The summed E-state index contributed by atoms with van der Waals surface area (Å²) in [6, 6.07) is 17.8. The summed E-state index contributed by atoms with van der Waals surface area (Å²) in [4.78, 5) is 33.2. The second kappa shape index (κ2) is 11.4. The molecule has 182 valence electrons. The fourth-order valence-electron chi connectivity index (χ4n) is 3.91. The number of ether oxygens (including phenoxy) is 1. The predicted molar refractivity (Wildman–Crippen MR) is 131 cm³/mol. The number of nitrogens with two attached hydrogens (primary N) is 1. The van der Waals surface area contributed by atoms with Crippen molar-refractivity contribution in [3.63, 3.8) is 0 Å². The summed E-state index contributed by atoms with van der Waals surface area (Å²) in [6.45, 7) is 3.19. The van der Waals surface area contributed by atoms with Crippen molar-refractivity contribution in [3.05, 3.63) is 84.3 Å². The normalized spacial score (nSPS) is 14.8. The monoisotopic (exact) mass is 477 g/mol. The Labute approximate surface area is 203 Å². The van der Waals surface area contributed by atoms with Gasteiger partial charge in [0.25, 0.3) is 0 Å². The maximum Gasteiger partial charge on any atom is 0.240 e. The van der Waals surface area contributed by atoms with Gasteiger partial charge in [0.1, 0.15) is 29.2 Å². The van der Waals surface area contributed by atoms with Crippen LogP contribution in [0.1, 0.15) is 5.56 Å². The first-order valence-corrected chi connectivity index (χ1v) is 11.5. The van der Waals surface area contributed by atoms with Crippen LogP contribution in [0.2, 0.25) is 0 Å². The van der Waals surface area contributed by atoms with Gasteiger partial charge in [-0.3, -0.25) is 14.5 Å². The number of carbonyl (C=O) groups excluding carboxylic acids is 2. The molecule has 0 spiro atoms. The topological polar surface area (TPSA) is 101 Å². The lowest BCUT2D eigenvalue weighted by molar-refractivity contribution is -0.128. The van der Waals surface area contributed by atoms with Crippen LogP contribution in [-0.4, -0.2) is 60.5 Å². The van der Waals surface area contributed by atoms with Gasteiger partial charge in [0.05, 0.1) is 6.54 Å². The summed E-state index contributed by atoms with van der Waals surface area (Å²) in [5, 5.41) is 2.77. The van der Waals surface area contributed by atoms with Crippen LogP contribution >= 0.6 is 0 Å². The molecule has 1 saturated heterocycles. The number of anilines is 1. The molecule has 2 amide bonds. The van der Waals surface area contributed by atoms with Crippen LogP contribution in [0.4, 0.5) is 10.2 Å². The van der Waals surface area contributed by atoms with Crippen LogP contribution in [-0.2, 0) is 16.0 Å². The zero-order valence-electron chi connectivity index (χ0n) is 19.3. The van der Waals surface area contributed by atoms with Gasteiger partial charge in [-0.15, -0.1) is 0 Å². The van der Waals surface area contributed by atoms with Crippen LogP contribution in [0.5, 0.6) is 11.5 Å². The third-order valence-electron chi connectivity index (χ3n) is 5.80. The zero-order valence-corrected chi connectivity index (χ0v) is 19.3. The predicted octanol–water partition coefficient (Wildman–Crippen LogP) is 2.35. The first-order valence-electron chi connectivity index (χ1n) is 11.5. The standard InChI is InChI=1S/C26H28FN5O3/c27-20-6-10-22(11-7-20)35-21-8-4-19(5-9-21)17-23(26(28)34)30-25(33)18-31-13-15-32(16-14-31)24-3-1-2-12-29-24/h1-12,23H,13-18H2,(H2,28,34)(H,30,33). The van der Waals surface area contributed by atoms with E-state index in [-0.39, 0.29) is 24.7 Å². The zero-order chi connectivity index (χ0) is 24.6. The number of rotatable bonds is 9. The molecule has 0 radical (unpaired) electrons. The van der Waals surface area contributed by atoms with E-state index in [4.69, 9.17) is 10.5 Å². The van der Waals surface area contributed by atoms with Gasteiger partial charge >= 0.3 is 0 Å². The Morgan fingerprint density at radius 3 is 2.23 bits per heavy atom. The molecule has 1 aliphatic rings. The maximum atomic E-state index is 13.0. The molecule has 1 atom stereocenters. The second-order valence-corrected chi connectivity index (χ2v) is 8.38. The van der Waals surface area contributed by atoms with E-state index in [1.54, 1.807) is 42.6 Å². The van der Waals surface area contributed by atoms with E-state index in [9.17, 15) is 14.0 Å². The molecule has 2 aromatic carbocycles. The first-order chi connectivity index (χ1) is 17.0. The minimum Gasteiger partial charge on any atom is -0.457 e. The number of primary amides is 1. The summed E-state index contributed by atoms with van der Waals surface area (Å²) >= 11 is 0. The number of nitrogens with one attached hydrogen (secondary N) is 1. The lowest BCUT2D eigenvalue weighted by Crippen LogP contribution is -2.52. The number of amides is 2. The molecule has 3 aromatic rings. The van der Waals surface area contributed by atoms with Crippen molar-refractivity contribution < 1.29 is 18.7 Å². The fraction of sp³-hybridized carbons (Fsp3) is 0.269. The third-order valence-corrected chi connectivity index (χ3v) is 5.80. The SMILES string of the molecule is NC(=O)C(Cc1ccc(Oc2ccc(F)cc2)cc1)NC(=O)CN1CCN(c2ccccn2)CC1. The van der Waals surface area contributed by atoms with Gasteiger partial charge in [0, 0.05) is 38.8 Å². The highest BCUT2D eigenvalue weighted by Crippen LogP contribution is 2.22. The van der Waals surface area contributed by atoms with Crippen molar-refractivity contribution >= 4 is 17.6 Å². The summed E-state index contributed by atoms with van der Waals surface area (Å²) in [6.07, 6.45) is 2.04. The Bertz CT molecular complexity index is 1120. The van der Waals surface area contributed by atoms with E-state index >= 15 is 0 Å². The highest BCUT2D eigenvalue weighted by molar-refractivity contribution is 5.87. The van der Waals surface area contributed by atoms with Gasteiger partial charge in [-0.1, -0.05) is 18.2 Å². The van der Waals surface area contributed by atoms with Crippen LogP contribution in [0.15, 0.2) is 72.9 Å². The number of hydrogen-bond acceptors (Lipinski definition) is 6. The van der Waals surface area contributed by atoms with Crippen molar-refractivity contribution in [1.82, 2.24) is 15.2 Å². The average molecular weight is 478 g/mol. The van der Waals surface area contributed by atoms with Crippen LogP contribution in [0, 0.1) is 5.82 Å². The Morgan fingerprint density at radius 2 is 1.63 bits per heavy atom. The van der Waals surface area contributed by atoms with Crippen molar-refractivity contribution in [2.45, 2.75) is 12.5 Å². The van der Waals surface area contributed by atoms with Crippen LogP contribution < -0.4 is 20.7 Å². The number of hydrogen-bond donors (Lipinski definition) is 2. The number of pyridine rings is 1. The Hall–Kier alpha value is -3.98. The van der Waals surface area contributed by atoms with Gasteiger partial charge in [-0.05, 0) is 54.1 Å². The fourth-order valence-corrected chi connectivity index (χ4v) is 3.91. The van der Waals surface area contributed by atoms with E-state index in [1.807, 2.05) is 18.2 Å². The minimum absolute atomic E-state index is 0.199. The first kappa shape index (κ1) is 24.2. The van der Waals surface area contributed by atoms with Crippen LogP contribution in [0.3, 0.4) is 0 Å². The number of aromatic nitrogens is 1. The molecule has 35 heavy (non-hydrogen) atoms. The Balaban J connectivity index is 1.26. The van der Waals surface area contributed by atoms with Gasteiger partial charge in [-0.2, -0.15) is 0 Å². The lowest BCUT2D eigenvalue weighted by Gasteiger charge is -2.35. The Morgan fingerprint density at radius 1 is 0.971 bits per heavy atom. The quantitative estimate of drug-likeness (QED) is 0.491. The third kappa shape index (κ3) is 7.00. The molecule has 2 heterocycles. The van der Waals surface area contributed by atoms with E-state index in [0.717, 1.165) is 37.6 Å². The average Bonchev–Trinajstić information content (AvgIpc) is 2.87. The summed E-state index contributed by atoms with van der Waals surface area (Å²) < 4.78 is 18.7. The van der Waals surface area contributed by atoms with E-state index in [1.165, 1.54) is 12.1 Å². The van der Waals surface area contributed by atoms with Gasteiger partial charge in [0.15, 0.2) is 0 Å².